The van der Waals surface area contributed by atoms with Gasteiger partial charge in [0.05, 0.1) is 0 Å². The van der Waals surface area contributed by atoms with Crippen LogP contribution in [0, 0.1) is 12.8 Å². The monoisotopic (exact) mass is 256 g/mol. The molecule has 0 nitrogen and oxygen atoms in total. The van der Waals surface area contributed by atoms with Crippen molar-refractivity contribution in [2.75, 3.05) is 17.4 Å². The maximum atomic E-state index is 6.02. The first kappa shape index (κ1) is 13.9. The Morgan fingerprint density at radius 2 is 1.94 bits per heavy atom. The average molecular weight is 257 g/mol. The third-order valence-electron chi connectivity index (χ3n) is 2.74. The fourth-order valence-electron chi connectivity index (χ4n) is 1.69. The van der Waals surface area contributed by atoms with Crippen LogP contribution in [0.2, 0.25) is 0 Å². The first-order chi connectivity index (χ1) is 7.76. The van der Waals surface area contributed by atoms with Gasteiger partial charge in [0.15, 0.2) is 0 Å². The third-order valence-corrected chi connectivity index (χ3v) is 4.11. The summed E-state index contributed by atoms with van der Waals surface area (Å²) in [6.45, 7) is 4.33. The SMILES string of the molecule is CCSCCC(CCl)Cc1ccc(C)cc1. The maximum absolute atomic E-state index is 6.02. The summed E-state index contributed by atoms with van der Waals surface area (Å²) >= 11 is 8.02. The number of hydrogen-bond donors (Lipinski definition) is 0. The highest BCUT2D eigenvalue weighted by Gasteiger charge is 2.08. The molecule has 0 radical (unpaired) electrons. The molecule has 0 amide bonds. The molecule has 2 heteroatoms. The molecule has 90 valence electrons. The number of benzene rings is 1. The second-order valence-corrected chi connectivity index (χ2v) is 5.90. The van der Waals surface area contributed by atoms with Gasteiger partial charge >= 0.3 is 0 Å². The van der Waals surface area contributed by atoms with E-state index in [1.165, 1.54) is 29.1 Å². The van der Waals surface area contributed by atoms with Crippen LogP contribution in [0.15, 0.2) is 24.3 Å². The van der Waals surface area contributed by atoms with Gasteiger partial charge in [0, 0.05) is 5.88 Å². The first-order valence-electron chi connectivity index (χ1n) is 5.95. The molecule has 1 aromatic rings. The van der Waals surface area contributed by atoms with Crippen LogP contribution in [-0.4, -0.2) is 17.4 Å². The minimum absolute atomic E-state index is 0.628. The van der Waals surface area contributed by atoms with Gasteiger partial charge in [-0.05, 0) is 42.8 Å². The molecule has 0 saturated heterocycles. The van der Waals surface area contributed by atoms with Crippen molar-refractivity contribution < 1.29 is 0 Å². The molecule has 1 aromatic carbocycles. The Hall–Kier alpha value is -0.140. The smallest absolute Gasteiger partial charge is 0.0255 e. The molecular weight excluding hydrogens is 236 g/mol. The number of hydrogen-bond acceptors (Lipinski definition) is 1. The van der Waals surface area contributed by atoms with E-state index < -0.39 is 0 Å². The van der Waals surface area contributed by atoms with Crippen molar-refractivity contribution in [3.05, 3.63) is 35.4 Å². The molecule has 16 heavy (non-hydrogen) atoms. The van der Waals surface area contributed by atoms with E-state index in [1.807, 2.05) is 11.8 Å². The molecule has 0 spiro atoms. The topological polar surface area (TPSA) is 0 Å². The number of alkyl halides is 1. The third kappa shape index (κ3) is 5.27. The van der Waals surface area contributed by atoms with E-state index in [1.54, 1.807) is 0 Å². The largest absolute Gasteiger partial charge is 0.162 e. The van der Waals surface area contributed by atoms with Gasteiger partial charge in [-0.1, -0.05) is 36.8 Å². The van der Waals surface area contributed by atoms with Crippen molar-refractivity contribution in [2.45, 2.75) is 26.7 Å². The summed E-state index contributed by atoms with van der Waals surface area (Å²) in [4.78, 5) is 0. The molecule has 0 saturated carbocycles. The van der Waals surface area contributed by atoms with Crippen LogP contribution in [0.3, 0.4) is 0 Å². The van der Waals surface area contributed by atoms with Crippen molar-refractivity contribution in [2.24, 2.45) is 5.92 Å². The van der Waals surface area contributed by atoms with Crippen LogP contribution in [0.4, 0.5) is 0 Å². The summed E-state index contributed by atoms with van der Waals surface area (Å²) in [6.07, 6.45) is 2.35. The zero-order valence-corrected chi connectivity index (χ0v) is 11.8. The molecule has 1 rings (SSSR count). The predicted octanol–water partition coefficient (Wildman–Crippen LogP) is 4.54. The van der Waals surface area contributed by atoms with Gasteiger partial charge in [-0.3, -0.25) is 0 Å². The minimum Gasteiger partial charge on any atom is -0.162 e. The summed E-state index contributed by atoms with van der Waals surface area (Å²) in [6, 6.07) is 8.81. The summed E-state index contributed by atoms with van der Waals surface area (Å²) in [5.41, 5.74) is 2.74. The van der Waals surface area contributed by atoms with Gasteiger partial charge < -0.3 is 0 Å². The molecule has 0 aliphatic heterocycles. The Kier molecular flexibility index (Phi) is 6.98. The lowest BCUT2D eigenvalue weighted by Gasteiger charge is -2.13. The Balaban J connectivity index is 2.40. The lowest BCUT2D eigenvalue weighted by atomic mass is 9.98. The second kappa shape index (κ2) is 8.03. The highest BCUT2D eigenvalue weighted by molar-refractivity contribution is 7.99. The van der Waals surface area contributed by atoms with E-state index >= 15 is 0 Å². The van der Waals surface area contributed by atoms with Gasteiger partial charge in [0.1, 0.15) is 0 Å². The van der Waals surface area contributed by atoms with E-state index in [0.717, 1.165) is 12.3 Å². The number of aryl methyl sites for hydroxylation is 1. The zero-order valence-electron chi connectivity index (χ0n) is 10.2. The van der Waals surface area contributed by atoms with Crippen LogP contribution >= 0.6 is 23.4 Å². The van der Waals surface area contributed by atoms with Crippen molar-refractivity contribution in [3.63, 3.8) is 0 Å². The molecule has 0 heterocycles. The molecule has 0 fully saturated rings. The number of halogens is 1. The van der Waals surface area contributed by atoms with Gasteiger partial charge in [-0.2, -0.15) is 11.8 Å². The Morgan fingerprint density at radius 1 is 1.25 bits per heavy atom. The Morgan fingerprint density at radius 3 is 2.50 bits per heavy atom. The van der Waals surface area contributed by atoms with E-state index in [0.29, 0.717) is 5.92 Å². The summed E-state index contributed by atoms with van der Waals surface area (Å²) in [5, 5.41) is 0. The average Bonchev–Trinajstić information content (AvgIpc) is 2.31. The first-order valence-corrected chi connectivity index (χ1v) is 7.64. The highest BCUT2D eigenvalue weighted by Crippen LogP contribution is 2.17. The zero-order chi connectivity index (χ0) is 11.8. The fourth-order valence-corrected chi connectivity index (χ4v) is 2.74. The highest BCUT2D eigenvalue weighted by atomic mass is 35.5. The van der Waals surface area contributed by atoms with Gasteiger partial charge in [0.2, 0.25) is 0 Å². The predicted molar refractivity (Wildman–Crippen MR) is 76.7 cm³/mol. The molecule has 1 atom stereocenters. The molecule has 0 bridgehead atoms. The van der Waals surface area contributed by atoms with Crippen LogP contribution < -0.4 is 0 Å². The van der Waals surface area contributed by atoms with Crippen molar-refractivity contribution >= 4 is 23.4 Å². The summed E-state index contributed by atoms with van der Waals surface area (Å²) < 4.78 is 0. The molecule has 0 aliphatic rings. The molecular formula is C14H21ClS. The van der Waals surface area contributed by atoms with Crippen molar-refractivity contribution in [1.82, 2.24) is 0 Å². The van der Waals surface area contributed by atoms with Gasteiger partial charge in [-0.15, -0.1) is 11.6 Å². The molecule has 0 N–H and O–H groups in total. The Labute approximate surface area is 109 Å². The van der Waals surface area contributed by atoms with Crippen molar-refractivity contribution in [3.8, 4) is 0 Å². The van der Waals surface area contributed by atoms with E-state index in [9.17, 15) is 0 Å². The lowest BCUT2D eigenvalue weighted by Crippen LogP contribution is -2.08. The van der Waals surface area contributed by atoms with Crippen LogP contribution in [0.1, 0.15) is 24.5 Å². The summed E-state index contributed by atoms with van der Waals surface area (Å²) in [5.74, 6) is 3.85. The molecule has 0 aliphatic carbocycles. The molecule has 0 aromatic heterocycles. The van der Waals surface area contributed by atoms with Gasteiger partial charge in [0.25, 0.3) is 0 Å². The van der Waals surface area contributed by atoms with E-state index in [4.69, 9.17) is 11.6 Å². The minimum atomic E-state index is 0.628. The van der Waals surface area contributed by atoms with E-state index in [-0.39, 0.29) is 0 Å². The number of thioether (sulfide) groups is 1. The standard InChI is InChI=1S/C14H21ClS/c1-3-16-9-8-14(11-15)10-13-6-4-12(2)5-7-13/h4-7,14H,3,8-11H2,1-2H3. The fraction of sp³-hybridized carbons (Fsp3) is 0.571. The van der Waals surface area contributed by atoms with E-state index in [2.05, 4.69) is 38.1 Å². The Bertz CT molecular complexity index is 281. The van der Waals surface area contributed by atoms with Gasteiger partial charge in [-0.25, -0.2) is 0 Å². The van der Waals surface area contributed by atoms with Crippen LogP contribution in [-0.2, 0) is 6.42 Å². The number of rotatable bonds is 7. The normalized spacial score (nSPS) is 12.7. The van der Waals surface area contributed by atoms with Crippen molar-refractivity contribution in [1.29, 1.82) is 0 Å². The maximum Gasteiger partial charge on any atom is 0.0255 e. The lowest BCUT2D eigenvalue weighted by molar-refractivity contribution is 0.571. The second-order valence-electron chi connectivity index (χ2n) is 4.20. The quantitative estimate of drug-likeness (QED) is 0.510. The van der Waals surface area contributed by atoms with Crippen LogP contribution in [0.5, 0.6) is 0 Å². The summed E-state index contributed by atoms with van der Waals surface area (Å²) in [7, 11) is 0. The van der Waals surface area contributed by atoms with Crippen LogP contribution in [0.25, 0.3) is 0 Å². The molecule has 1 unspecified atom stereocenters.